The summed E-state index contributed by atoms with van der Waals surface area (Å²) >= 11 is 0. The number of aryl methyl sites for hydroxylation is 1. The fraction of sp³-hybridized carbons (Fsp3) is 0.538. The van der Waals surface area contributed by atoms with Crippen molar-refractivity contribution in [3.8, 4) is 0 Å². The molecular formula is C13H21N. The fourth-order valence-corrected chi connectivity index (χ4v) is 1.72. The van der Waals surface area contributed by atoms with E-state index in [1.54, 1.807) is 0 Å². The fourth-order valence-electron chi connectivity index (χ4n) is 1.72. The molecule has 0 bridgehead atoms. The highest BCUT2D eigenvalue weighted by Crippen LogP contribution is 2.18. The maximum absolute atomic E-state index is 3.52. The Labute approximate surface area is 87.5 Å². The Morgan fingerprint density at radius 3 is 2.29 bits per heavy atom. The van der Waals surface area contributed by atoms with Gasteiger partial charge in [-0.2, -0.15) is 0 Å². The molecule has 14 heavy (non-hydrogen) atoms. The molecule has 1 aromatic rings. The van der Waals surface area contributed by atoms with Gasteiger partial charge in [-0.05, 0) is 25.5 Å². The summed E-state index contributed by atoms with van der Waals surface area (Å²) in [7, 11) is 0. The predicted molar refractivity (Wildman–Crippen MR) is 62.5 cm³/mol. The van der Waals surface area contributed by atoms with E-state index in [-0.39, 0.29) is 0 Å². The first-order valence-electron chi connectivity index (χ1n) is 5.57. The quantitative estimate of drug-likeness (QED) is 0.751. The molecule has 0 spiro atoms. The molecule has 1 unspecified atom stereocenters. The van der Waals surface area contributed by atoms with Gasteiger partial charge in [0, 0.05) is 6.04 Å². The molecule has 0 aliphatic heterocycles. The number of hydrogen-bond donors (Lipinski definition) is 1. The van der Waals surface area contributed by atoms with E-state index in [9.17, 15) is 0 Å². The molecule has 1 aromatic carbocycles. The van der Waals surface area contributed by atoms with E-state index in [0.29, 0.717) is 6.04 Å². The lowest BCUT2D eigenvalue weighted by Gasteiger charge is -2.17. The highest BCUT2D eigenvalue weighted by atomic mass is 14.9. The summed E-state index contributed by atoms with van der Waals surface area (Å²) in [6.45, 7) is 7.57. The second-order valence-corrected chi connectivity index (χ2v) is 3.81. The third-order valence-electron chi connectivity index (χ3n) is 2.51. The lowest BCUT2D eigenvalue weighted by Crippen LogP contribution is -2.20. The summed E-state index contributed by atoms with van der Waals surface area (Å²) in [5.74, 6) is 0. The zero-order chi connectivity index (χ0) is 10.4. The zero-order valence-corrected chi connectivity index (χ0v) is 9.51. The minimum Gasteiger partial charge on any atom is -0.310 e. The summed E-state index contributed by atoms with van der Waals surface area (Å²) in [6.07, 6.45) is 2.45. The summed E-state index contributed by atoms with van der Waals surface area (Å²) in [5.41, 5.74) is 2.75. The molecule has 0 radical (unpaired) electrons. The Hall–Kier alpha value is -0.820. The van der Waals surface area contributed by atoms with Crippen molar-refractivity contribution in [2.45, 2.75) is 39.7 Å². The van der Waals surface area contributed by atoms with Gasteiger partial charge in [0.1, 0.15) is 0 Å². The third kappa shape index (κ3) is 3.15. The van der Waals surface area contributed by atoms with Crippen molar-refractivity contribution in [2.24, 2.45) is 0 Å². The lowest BCUT2D eigenvalue weighted by atomic mass is 10.0. The minimum absolute atomic E-state index is 0.533. The molecule has 0 saturated heterocycles. The van der Waals surface area contributed by atoms with Crippen molar-refractivity contribution in [1.82, 2.24) is 5.32 Å². The molecule has 1 atom stereocenters. The van der Waals surface area contributed by atoms with E-state index in [0.717, 1.165) is 6.54 Å². The van der Waals surface area contributed by atoms with Crippen LogP contribution in [-0.4, -0.2) is 6.54 Å². The summed E-state index contributed by atoms with van der Waals surface area (Å²) in [6, 6.07) is 9.38. The summed E-state index contributed by atoms with van der Waals surface area (Å²) in [4.78, 5) is 0. The van der Waals surface area contributed by atoms with Gasteiger partial charge in [-0.3, -0.25) is 0 Å². The van der Waals surface area contributed by atoms with Crippen LogP contribution in [0.15, 0.2) is 24.3 Å². The molecular weight excluding hydrogens is 170 g/mol. The van der Waals surface area contributed by atoms with Crippen molar-refractivity contribution in [2.75, 3.05) is 6.54 Å². The van der Waals surface area contributed by atoms with Crippen LogP contribution in [0.3, 0.4) is 0 Å². The second kappa shape index (κ2) is 5.82. The van der Waals surface area contributed by atoms with Crippen LogP contribution >= 0.6 is 0 Å². The zero-order valence-electron chi connectivity index (χ0n) is 9.51. The van der Waals surface area contributed by atoms with Gasteiger partial charge < -0.3 is 5.32 Å². The molecule has 0 aliphatic rings. The number of benzene rings is 1. The lowest BCUT2D eigenvalue weighted by molar-refractivity contribution is 0.509. The van der Waals surface area contributed by atoms with Gasteiger partial charge in [0.05, 0.1) is 0 Å². The highest BCUT2D eigenvalue weighted by Gasteiger charge is 2.07. The number of nitrogens with one attached hydrogen (secondary N) is 1. The average molecular weight is 191 g/mol. The molecule has 1 heteroatoms. The highest BCUT2D eigenvalue weighted by molar-refractivity contribution is 5.24. The molecule has 0 heterocycles. The van der Waals surface area contributed by atoms with E-state index < -0.39 is 0 Å². The third-order valence-corrected chi connectivity index (χ3v) is 2.51. The largest absolute Gasteiger partial charge is 0.310 e. The van der Waals surface area contributed by atoms with Crippen molar-refractivity contribution in [3.05, 3.63) is 35.4 Å². The molecule has 0 aromatic heterocycles. The van der Waals surface area contributed by atoms with Crippen LogP contribution < -0.4 is 5.32 Å². The molecule has 78 valence electrons. The van der Waals surface area contributed by atoms with Gasteiger partial charge in [-0.25, -0.2) is 0 Å². The Morgan fingerprint density at radius 2 is 1.79 bits per heavy atom. The Bertz CT molecular complexity index is 244. The standard InChI is InChI=1S/C13H21N/c1-4-6-13(14-5-2)12-9-7-11(3)8-10-12/h7-10,13-14H,4-6H2,1-3H3. The Morgan fingerprint density at radius 1 is 1.14 bits per heavy atom. The maximum atomic E-state index is 3.52. The van der Waals surface area contributed by atoms with Gasteiger partial charge in [-0.15, -0.1) is 0 Å². The van der Waals surface area contributed by atoms with Crippen LogP contribution in [-0.2, 0) is 0 Å². The topological polar surface area (TPSA) is 12.0 Å². The number of rotatable bonds is 5. The Balaban J connectivity index is 2.71. The van der Waals surface area contributed by atoms with Crippen LogP contribution in [0.25, 0.3) is 0 Å². The molecule has 0 fully saturated rings. The summed E-state index contributed by atoms with van der Waals surface area (Å²) in [5, 5.41) is 3.52. The van der Waals surface area contributed by atoms with Crippen LogP contribution in [0.5, 0.6) is 0 Å². The maximum Gasteiger partial charge on any atom is 0.0320 e. The van der Waals surface area contributed by atoms with Crippen LogP contribution in [0.4, 0.5) is 0 Å². The van der Waals surface area contributed by atoms with Crippen molar-refractivity contribution < 1.29 is 0 Å². The second-order valence-electron chi connectivity index (χ2n) is 3.81. The first kappa shape index (κ1) is 11.3. The van der Waals surface area contributed by atoms with Gasteiger partial charge in [-0.1, -0.05) is 50.1 Å². The predicted octanol–water partition coefficient (Wildman–Crippen LogP) is 3.45. The van der Waals surface area contributed by atoms with E-state index >= 15 is 0 Å². The van der Waals surface area contributed by atoms with Crippen LogP contribution in [0, 0.1) is 6.92 Å². The van der Waals surface area contributed by atoms with Crippen molar-refractivity contribution in [1.29, 1.82) is 0 Å². The molecule has 1 nitrogen and oxygen atoms in total. The van der Waals surface area contributed by atoms with E-state index in [1.807, 2.05) is 0 Å². The van der Waals surface area contributed by atoms with E-state index in [2.05, 4.69) is 50.4 Å². The first-order chi connectivity index (χ1) is 6.77. The minimum atomic E-state index is 0.533. The van der Waals surface area contributed by atoms with Crippen LogP contribution in [0.1, 0.15) is 43.9 Å². The Kier molecular flexibility index (Phi) is 4.68. The monoisotopic (exact) mass is 191 g/mol. The van der Waals surface area contributed by atoms with Crippen LogP contribution in [0.2, 0.25) is 0 Å². The molecule has 0 saturated carbocycles. The molecule has 1 rings (SSSR count). The van der Waals surface area contributed by atoms with Crippen molar-refractivity contribution >= 4 is 0 Å². The van der Waals surface area contributed by atoms with Gasteiger partial charge in [0.25, 0.3) is 0 Å². The average Bonchev–Trinajstić information content (AvgIpc) is 2.19. The smallest absolute Gasteiger partial charge is 0.0320 e. The van der Waals surface area contributed by atoms with E-state index in [1.165, 1.54) is 24.0 Å². The van der Waals surface area contributed by atoms with Gasteiger partial charge in [0.2, 0.25) is 0 Å². The van der Waals surface area contributed by atoms with Crippen molar-refractivity contribution in [3.63, 3.8) is 0 Å². The SMILES string of the molecule is CCCC(NCC)c1ccc(C)cc1. The van der Waals surface area contributed by atoms with E-state index in [4.69, 9.17) is 0 Å². The summed E-state index contributed by atoms with van der Waals surface area (Å²) < 4.78 is 0. The number of hydrogen-bond acceptors (Lipinski definition) is 1. The molecule has 0 amide bonds. The first-order valence-corrected chi connectivity index (χ1v) is 5.57. The molecule has 0 aliphatic carbocycles. The van der Waals surface area contributed by atoms with Gasteiger partial charge >= 0.3 is 0 Å². The van der Waals surface area contributed by atoms with Gasteiger partial charge in [0.15, 0.2) is 0 Å². The molecule has 1 N–H and O–H groups in total. The normalized spacial score (nSPS) is 12.8.